The van der Waals surface area contributed by atoms with Crippen molar-refractivity contribution in [2.45, 2.75) is 32.6 Å². The van der Waals surface area contributed by atoms with Crippen molar-refractivity contribution in [3.63, 3.8) is 0 Å². The van der Waals surface area contributed by atoms with Crippen molar-refractivity contribution in [2.24, 2.45) is 5.41 Å². The molecule has 0 unspecified atom stereocenters. The van der Waals surface area contributed by atoms with Gasteiger partial charge in [-0.05, 0) is 67.0 Å². The maximum atomic E-state index is 12.9. The SMILES string of the molecule is COc1cccc(CC(=O)N2CCC3(CC2)CCN(C(=O)COc2ccc4c(C)cc(=O)oc4c2)C3)c1. The van der Waals surface area contributed by atoms with Crippen LogP contribution in [0.2, 0.25) is 0 Å². The van der Waals surface area contributed by atoms with Crippen LogP contribution in [0, 0.1) is 12.3 Å². The Morgan fingerprint density at radius 1 is 0.946 bits per heavy atom. The van der Waals surface area contributed by atoms with Crippen molar-refractivity contribution in [3.05, 3.63) is 70.1 Å². The lowest BCUT2D eigenvalue weighted by Gasteiger charge is -2.39. The molecule has 5 rings (SSSR count). The number of hydrogen-bond donors (Lipinski definition) is 0. The van der Waals surface area contributed by atoms with Gasteiger partial charge in [0.25, 0.3) is 5.91 Å². The van der Waals surface area contributed by atoms with Crippen molar-refractivity contribution < 1.29 is 23.5 Å². The fourth-order valence-electron chi connectivity index (χ4n) is 5.49. The van der Waals surface area contributed by atoms with Crippen LogP contribution in [0.15, 0.2) is 57.7 Å². The molecule has 2 aliphatic rings. The van der Waals surface area contributed by atoms with E-state index >= 15 is 0 Å². The molecule has 0 radical (unpaired) electrons. The molecule has 0 N–H and O–H groups in total. The van der Waals surface area contributed by atoms with E-state index in [1.165, 1.54) is 6.07 Å². The topological polar surface area (TPSA) is 89.3 Å². The number of likely N-dealkylation sites (tertiary alicyclic amines) is 2. The Morgan fingerprint density at radius 2 is 1.70 bits per heavy atom. The number of fused-ring (bicyclic) bond motifs is 1. The van der Waals surface area contributed by atoms with E-state index in [2.05, 4.69) is 0 Å². The molecule has 8 heteroatoms. The molecule has 0 bridgehead atoms. The van der Waals surface area contributed by atoms with Gasteiger partial charge < -0.3 is 23.7 Å². The number of piperidine rings is 1. The largest absolute Gasteiger partial charge is 0.497 e. The summed E-state index contributed by atoms with van der Waals surface area (Å²) in [6.45, 7) is 4.60. The summed E-state index contributed by atoms with van der Waals surface area (Å²) >= 11 is 0. The molecule has 0 atom stereocenters. The van der Waals surface area contributed by atoms with Gasteiger partial charge in [0, 0.05) is 43.7 Å². The highest BCUT2D eigenvalue weighted by Crippen LogP contribution is 2.40. The summed E-state index contributed by atoms with van der Waals surface area (Å²) in [7, 11) is 1.62. The van der Waals surface area contributed by atoms with Crippen LogP contribution in [0.3, 0.4) is 0 Å². The van der Waals surface area contributed by atoms with Crippen molar-refractivity contribution in [1.82, 2.24) is 9.80 Å². The third-order valence-corrected chi connectivity index (χ3v) is 7.74. The minimum absolute atomic E-state index is 0.0563. The first kappa shape index (κ1) is 24.9. The second-order valence-corrected chi connectivity index (χ2v) is 10.2. The quantitative estimate of drug-likeness (QED) is 0.477. The van der Waals surface area contributed by atoms with Crippen LogP contribution in [0.25, 0.3) is 11.0 Å². The molecule has 1 aromatic heterocycles. The van der Waals surface area contributed by atoms with E-state index in [4.69, 9.17) is 13.9 Å². The average Bonchev–Trinajstić information content (AvgIpc) is 3.30. The zero-order valence-corrected chi connectivity index (χ0v) is 21.3. The Hall–Kier alpha value is -3.81. The van der Waals surface area contributed by atoms with Gasteiger partial charge in [0.2, 0.25) is 5.91 Å². The summed E-state index contributed by atoms with van der Waals surface area (Å²) < 4.78 is 16.3. The van der Waals surface area contributed by atoms with E-state index in [1.807, 2.05) is 47.1 Å². The van der Waals surface area contributed by atoms with Crippen molar-refractivity contribution in [1.29, 1.82) is 0 Å². The number of nitrogens with zero attached hydrogens (tertiary/aromatic N) is 2. The molecule has 0 saturated carbocycles. The maximum absolute atomic E-state index is 12.9. The van der Waals surface area contributed by atoms with Gasteiger partial charge >= 0.3 is 5.63 Å². The maximum Gasteiger partial charge on any atom is 0.336 e. The lowest BCUT2D eigenvalue weighted by Crippen LogP contribution is -2.45. The normalized spacial score (nSPS) is 16.8. The monoisotopic (exact) mass is 504 g/mol. The number of carbonyl (C=O) groups excluding carboxylic acids is 2. The fraction of sp³-hybridized carbons (Fsp3) is 0.414. The van der Waals surface area contributed by atoms with Crippen LogP contribution in [-0.2, 0) is 16.0 Å². The highest BCUT2D eigenvalue weighted by molar-refractivity contribution is 5.82. The average molecular weight is 505 g/mol. The van der Waals surface area contributed by atoms with Crippen LogP contribution in [0.5, 0.6) is 11.5 Å². The van der Waals surface area contributed by atoms with E-state index in [0.717, 1.165) is 41.5 Å². The molecule has 2 amide bonds. The highest BCUT2D eigenvalue weighted by atomic mass is 16.5. The number of carbonyl (C=O) groups is 2. The number of methoxy groups -OCH3 is 1. The molecule has 37 heavy (non-hydrogen) atoms. The molecule has 2 aliphatic heterocycles. The lowest BCUT2D eigenvalue weighted by atomic mass is 9.77. The van der Waals surface area contributed by atoms with Crippen LogP contribution in [0.1, 0.15) is 30.4 Å². The predicted molar refractivity (Wildman–Crippen MR) is 139 cm³/mol. The van der Waals surface area contributed by atoms with Crippen molar-refractivity contribution in [2.75, 3.05) is 39.9 Å². The van der Waals surface area contributed by atoms with Gasteiger partial charge in [-0.1, -0.05) is 12.1 Å². The Kier molecular flexibility index (Phi) is 6.91. The highest BCUT2D eigenvalue weighted by Gasteiger charge is 2.42. The van der Waals surface area contributed by atoms with Gasteiger partial charge in [0.15, 0.2) is 6.61 Å². The molecule has 3 heterocycles. The fourth-order valence-corrected chi connectivity index (χ4v) is 5.49. The minimum atomic E-state index is -0.409. The number of rotatable bonds is 6. The smallest absolute Gasteiger partial charge is 0.336 e. The molecule has 0 aliphatic carbocycles. The van der Waals surface area contributed by atoms with Gasteiger partial charge in [-0.15, -0.1) is 0 Å². The van der Waals surface area contributed by atoms with Crippen LogP contribution < -0.4 is 15.1 Å². The first-order valence-corrected chi connectivity index (χ1v) is 12.7. The summed E-state index contributed by atoms with van der Waals surface area (Å²) in [6.07, 6.45) is 3.09. The number of ether oxygens (including phenoxy) is 2. The molecule has 194 valence electrons. The van der Waals surface area contributed by atoms with E-state index in [1.54, 1.807) is 19.2 Å². The first-order valence-electron chi connectivity index (χ1n) is 12.7. The zero-order valence-electron chi connectivity index (χ0n) is 21.3. The summed E-state index contributed by atoms with van der Waals surface area (Å²) in [5, 5.41) is 0.841. The number of benzene rings is 2. The Balaban J connectivity index is 1.12. The van der Waals surface area contributed by atoms with Crippen LogP contribution >= 0.6 is 0 Å². The number of hydrogen-bond acceptors (Lipinski definition) is 6. The van der Waals surface area contributed by atoms with Gasteiger partial charge in [-0.3, -0.25) is 9.59 Å². The summed E-state index contributed by atoms with van der Waals surface area (Å²) in [6, 6.07) is 14.4. The van der Waals surface area contributed by atoms with Gasteiger partial charge in [-0.2, -0.15) is 0 Å². The van der Waals surface area contributed by atoms with Gasteiger partial charge in [0.05, 0.1) is 13.5 Å². The lowest BCUT2D eigenvalue weighted by molar-refractivity contribution is -0.135. The van der Waals surface area contributed by atoms with Gasteiger partial charge in [-0.25, -0.2) is 4.79 Å². The van der Waals surface area contributed by atoms with Crippen LogP contribution in [0.4, 0.5) is 0 Å². The third kappa shape index (κ3) is 5.48. The molecule has 1 spiro atoms. The van der Waals surface area contributed by atoms with Crippen molar-refractivity contribution >= 4 is 22.8 Å². The minimum Gasteiger partial charge on any atom is -0.497 e. The molecule has 3 aromatic rings. The van der Waals surface area contributed by atoms with Gasteiger partial charge in [0.1, 0.15) is 17.1 Å². The molecule has 2 aromatic carbocycles. The Morgan fingerprint density at radius 3 is 2.46 bits per heavy atom. The molecular weight excluding hydrogens is 472 g/mol. The Bertz CT molecular complexity index is 1370. The molecule has 2 saturated heterocycles. The van der Waals surface area contributed by atoms with E-state index < -0.39 is 5.63 Å². The first-order chi connectivity index (χ1) is 17.8. The van der Waals surface area contributed by atoms with E-state index in [0.29, 0.717) is 43.9 Å². The second-order valence-electron chi connectivity index (χ2n) is 10.2. The standard InChI is InChI=1S/C29H32N2O6/c1-20-14-28(34)37-25-17-23(6-7-24(20)25)36-18-27(33)31-13-10-29(19-31)8-11-30(12-9-29)26(32)16-21-4-3-5-22(15-21)35-2/h3-7,14-15,17H,8-13,16,18-19H2,1-2H3. The number of aryl methyl sites for hydroxylation is 1. The zero-order chi connectivity index (χ0) is 26.0. The molecule has 8 nitrogen and oxygen atoms in total. The second kappa shape index (κ2) is 10.3. The number of amides is 2. The Labute approximate surface area is 215 Å². The molecular formula is C29H32N2O6. The predicted octanol–water partition coefficient (Wildman–Crippen LogP) is 3.57. The van der Waals surface area contributed by atoms with Crippen LogP contribution in [-0.4, -0.2) is 61.5 Å². The van der Waals surface area contributed by atoms with E-state index in [9.17, 15) is 14.4 Å². The van der Waals surface area contributed by atoms with E-state index in [-0.39, 0.29) is 23.8 Å². The molecule has 2 fully saturated rings. The summed E-state index contributed by atoms with van der Waals surface area (Å²) in [5.41, 5.74) is 1.89. The van der Waals surface area contributed by atoms with Crippen molar-refractivity contribution in [3.8, 4) is 11.5 Å². The summed E-state index contributed by atoms with van der Waals surface area (Å²) in [5.74, 6) is 1.32. The third-order valence-electron chi connectivity index (χ3n) is 7.74. The summed E-state index contributed by atoms with van der Waals surface area (Å²) in [4.78, 5) is 41.2.